The predicted octanol–water partition coefficient (Wildman–Crippen LogP) is 1.94. The molecule has 0 atom stereocenters. The normalized spacial score (nSPS) is 10.5. The third-order valence-corrected chi connectivity index (χ3v) is 2.21. The van der Waals surface area contributed by atoms with E-state index >= 15 is 0 Å². The molecule has 2 rings (SSSR count). The molecule has 4 nitrogen and oxygen atoms in total. The van der Waals surface area contributed by atoms with Crippen LogP contribution in [-0.4, -0.2) is 14.8 Å². The van der Waals surface area contributed by atoms with Crippen molar-refractivity contribution in [3.05, 3.63) is 30.7 Å². The van der Waals surface area contributed by atoms with E-state index in [4.69, 9.17) is 5.73 Å². The molecule has 2 heterocycles. The Bertz CT molecular complexity index is 430. The van der Waals surface area contributed by atoms with Crippen LogP contribution in [0.4, 0.5) is 5.82 Å². The molecule has 4 heteroatoms. The van der Waals surface area contributed by atoms with Crippen LogP contribution in [0.15, 0.2) is 30.7 Å². The highest BCUT2D eigenvalue weighted by atomic mass is 15.3. The summed E-state index contributed by atoms with van der Waals surface area (Å²) in [6.45, 7) is 3.08. The fourth-order valence-electron chi connectivity index (χ4n) is 1.44. The zero-order chi connectivity index (χ0) is 10.7. The average Bonchev–Trinajstić information content (AvgIpc) is 2.68. The lowest BCUT2D eigenvalue weighted by Crippen LogP contribution is -1.95. The number of pyridine rings is 1. The van der Waals surface area contributed by atoms with E-state index in [0.717, 1.165) is 24.1 Å². The van der Waals surface area contributed by atoms with E-state index < -0.39 is 0 Å². The van der Waals surface area contributed by atoms with E-state index in [1.165, 1.54) is 0 Å². The Morgan fingerprint density at radius 2 is 2.13 bits per heavy atom. The van der Waals surface area contributed by atoms with Gasteiger partial charge in [-0.2, -0.15) is 5.10 Å². The zero-order valence-corrected chi connectivity index (χ0v) is 8.72. The second kappa shape index (κ2) is 4.13. The van der Waals surface area contributed by atoms with Gasteiger partial charge < -0.3 is 5.73 Å². The highest BCUT2D eigenvalue weighted by Gasteiger charge is 2.01. The fourth-order valence-corrected chi connectivity index (χ4v) is 1.44. The van der Waals surface area contributed by atoms with Gasteiger partial charge >= 0.3 is 0 Å². The highest BCUT2D eigenvalue weighted by molar-refractivity contribution is 5.61. The number of hydrogen-bond acceptors (Lipinski definition) is 3. The Kier molecular flexibility index (Phi) is 2.67. The van der Waals surface area contributed by atoms with Gasteiger partial charge in [0.1, 0.15) is 5.82 Å². The molecular formula is C11H14N4. The van der Waals surface area contributed by atoms with Crippen molar-refractivity contribution in [1.29, 1.82) is 0 Å². The molecule has 0 aliphatic heterocycles. The SMILES string of the molecule is CCCn1cc(-c2ccc(N)nc2)cn1. The molecule has 0 saturated carbocycles. The van der Waals surface area contributed by atoms with Crippen molar-refractivity contribution in [2.45, 2.75) is 19.9 Å². The molecule has 0 aromatic carbocycles. The van der Waals surface area contributed by atoms with Gasteiger partial charge in [-0.1, -0.05) is 6.92 Å². The van der Waals surface area contributed by atoms with Crippen LogP contribution in [-0.2, 0) is 6.54 Å². The maximum atomic E-state index is 5.53. The summed E-state index contributed by atoms with van der Waals surface area (Å²) in [4.78, 5) is 4.05. The van der Waals surface area contributed by atoms with Gasteiger partial charge in [-0.25, -0.2) is 4.98 Å². The summed E-state index contributed by atoms with van der Waals surface area (Å²) in [7, 11) is 0. The number of rotatable bonds is 3. The van der Waals surface area contributed by atoms with Gasteiger partial charge in [0.2, 0.25) is 0 Å². The summed E-state index contributed by atoms with van der Waals surface area (Å²) in [5.41, 5.74) is 7.65. The van der Waals surface area contributed by atoms with Crippen molar-refractivity contribution in [2.75, 3.05) is 5.73 Å². The third kappa shape index (κ3) is 2.15. The van der Waals surface area contributed by atoms with Gasteiger partial charge in [0.15, 0.2) is 0 Å². The summed E-state index contributed by atoms with van der Waals surface area (Å²) in [5.74, 6) is 0.541. The Morgan fingerprint density at radius 3 is 2.80 bits per heavy atom. The topological polar surface area (TPSA) is 56.7 Å². The maximum Gasteiger partial charge on any atom is 0.123 e. The molecule has 0 saturated heterocycles. The number of nitrogen functional groups attached to an aromatic ring is 1. The van der Waals surface area contributed by atoms with Crippen LogP contribution in [0.1, 0.15) is 13.3 Å². The molecule has 0 spiro atoms. The number of anilines is 1. The second-order valence-corrected chi connectivity index (χ2v) is 3.46. The van der Waals surface area contributed by atoms with E-state index in [1.807, 2.05) is 23.1 Å². The minimum absolute atomic E-state index is 0.541. The molecule has 0 bridgehead atoms. The van der Waals surface area contributed by atoms with Crippen molar-refractivity contribution in [1.82, 2.24) is 14.8 Å². The number of hydrogen-bond donors (Lipinski definition) is 1. The van der Waals surface area contributed by atoms with E-state index in [2.05, 4.69) is 17.0 Å². The quantitative estimate of drug-likeness (QED) is 0.827. The van der Waals surface area contributed by atoms with Gasteiger partial charge in [-0.05, 0) is 18.6 Å². The maximum absolute atomic E-state index is 5.53. The smallest absolute Gasteiger partial charge is 0.123 e. The second-order valence-electron chi connectivity index (χ2n) is 3.46. The number of aromatic nitrogens is 3. The first-order valence-corrected chi connectivity index (χ1v) is 5.04. The van der Waals surface area contributed by atoms with Crippen LogP contribution in [0.5, 0.6) is 0 Å². The summed E-state index contributed by atoms with van der Waals surface area (Å²) < 4.78 is 1.94. The Morgan fingerprint density at radius 1 is 1.27 bits per heavy atom. The van der Waals surface area contributed by atoms with Gasteiger partial charge in [-0.3, -0.25) is 4.68 Å². The van der Waals surface area contributed by atoms with Crippen molar-refractivity contribution >= 4 is 5.82 Å². The van der Waals surface area contributed by atoms with Crippen molar-refractivity contribution in [2.24, 2.45) is 0 Å². The molecule has 0 aliphatic carbocycles. The lowest BCUT2D eigenvalue weighted by Gasteiger charge is -1.97. The number of aryl methyl sites for hydroxylation is 1. The van der Waals surface area contributed by atoms with E-state index in [0.29, 0.717) is 5.82 Å². The molecule has 0 aliphatic rings. The van der Waals surface area contributed by atoms with Crippen molar-refractivity contribution in [3.8, 4) is 11.1 Å². The summed E-state index contributed by atoms with van der Waals surface area (Å²) in [6, 6.07) is 3.75. The van der Waals surface area contributed by atoms with Gasteiger partial charge in [0, 0.05) is 30.1 Å². The number of nitrogens with two attached hydrogens (primary N) is 1. The number of nitrogens with zero attached hydrogens (tertiary/aromatic N) is 3. The van der Waals surface area contributed by atoms with Gasteiger partial charge in [-0.15, -0.1) is 0 Å². The third-order valence-electron chi connectivity index (χ3n) is 2.21. The monoisotopic (exact) mass is 202 g/mol. The standard InChI is InChI=1S/C11H14N4/c1-2-5-15-8-10(7-14-15)9-3-4-11(12)13-6-9/h3-4,6-8H,2,5H2,1H3,(H2,12,13). The molecular weight excluding hydrogens is 188 g/mol. The lowest BCUT2D eigenvalue weighted by atomic mass is 10.2. The molecule has 2 aromatic rings. The molecule has 15 heavy (non-hydrogen) atoms. The predicted molar refractivity (Wildman–Crippen MR) is 60.2 cm³/mol. The molecule has 0 radical (unpaired) electrons. The van der Waals surface area contributed by atoms with Gasteiger partial charge in [0.05, 0.1) is 6.20 Å². The largest absolute Gasteiger partial charge is 0.384 e. The van der Waals surface area contributed by atoms with Crippen LogP contribution in [0.3, 0.4) is 0 Å². The molecule has 2 aromatic heterocycles. The minimum atomic E-state index is 0.541. The van der Waals surface area contributed by atoms with E-state index in [-0.39, 0.29) is 0 Å². The minimum Gasteiger partial charge on any atom is -0.384 e. The summed E-state index contributed by atoms with van der Waals surface area (Å²) >= 11 is 0. The summed E-state index contributed by atoms with van der Waals surface area (Å²) in [5, 5.41) is 4.26. The van der Waals surface area contributed by atoms with Crippen molar-refractivity contribution in [3.63, 3.8) is 0 Å². The van der Waals surface area contributed by atoms with Crippen LogP contribution >= 0.6 is 0 Å². The Labute approximate surface area is 88.8 Å². The van der Waals surface area contributed by atoms with E-state index in [9.17, 15) is 0 Å². The summed E-state index contributed by atoms with van der Waals surface area (Å²) in [6.07, 6.45) is 6.73. The first-order valence-electron chi connectivity index (χ1n) is 5.04. The van der Waals surface area contributed by atoms with Gasteiger partial charge in [0.25, 0.3) is 0 Å². The van der Waals surface area contributed by atoms with Crippen LogP contribution in [0, 0.1) is 0 Å². The van der Waals surface area contributed by atoms with Crippen LogP contribution in [0.25, 0.3) is 11.1 Å². The lowest BCUT2D eigenvalue weighted by molar-refractivity contribution is 0.603. The molecule has 0 amide bonds. The molecule has 2 N–H and O–H groups in total. The fraction of sp³-hybridized carbons (Fsp3) is 0.273. The van der Waals surface area contributed by atoms with Crippen molar-refractivity contribution < 1.29 is 0 Å². The first-order chi connectivity index (χ1) is 7.29. The van der Waals surface area contributed by atoms with E-state index in [1.54, 1.807) is 12.3 Å². The average molecular weight is 202 g/mol. The Hall–Kier alpha value is -1.84. The zero-order valence-electron chi connectivity index (χ0n) is 8.72. The first kappa shape index (κ1) is 9.71. The molecule has 0 unspecified atom stereocenters. The van der Waals surface area contributed by atoms with Crippen LogP contribution in [0.2, 0.25) is 0 Å². The highest BCUT2D eigenvalue weighted by Crippen LogP contribution is 2.17. The molecule has 78 valence electrons. The Balaban J connectivity index is 2.25. The van der Waals surface area contributed by atoms with Crippen LogP contribution < -0.4 is 5.73 Å². The molecule has 0 fully saturated rings.